The number of hydrogen-bond acceptors (Lipinski definition) is 3. The molecule has 2 aromatic rings. The monoisotopic (exact) mass is 298 g/mol. The largest absolute Gasteiger partial charge is 0.345 e. The van der Waals surface area contributed by atoms with Gasteiger partial charge in [0.1, 0.15) is 5.82 Å². The van der Waals surface area contributed by atoms with E-state index in [1.54, 1.807) is 0 Å². The van der Waals surface area contributed by atoms with Gasteiger partial charge in [-0.2, -0.15) is 0 Å². The van der Waals surface area contributed by atoms with E-state index in [2.05, 4.69) is 23.0 Å². The van der Waals surface area contributed by atoms with E-state index >= 15 is 0 Å². The van der Waals surface area contributed by atoms with Crippen molar-refractivity contribution in [1.82, 2.24) is 14.9 Å². The Morgan fingerprint density at radius 2 is 2.23 bits per heavy atom. The number of aromatic amines is 1. The topological polar surface area (TPSA) is 52.2 Å². The van der Waals surface area contributed by atoms with Crippen LogP contribution in [0.1, 0.15) is 24.0 Å². The van der Waals surface area contributed by atoms with Crippen LogP contribution in [0.5, 0.6) is 0 Å². The first-order chi connectivity index (χ1) is 10.5. The van der Waals surface area contributed by atoms with Gasteiger partial charge in [0.2, 0.25) is 5.91 Å². The van der Waals surface area contributed by atoms with E-state index in [0.29, 0.717) is 13.1 Å². The number of amides is 1. The number of hydrogen-bond donors (Lipinski definition) is 1. The molecule has 0 fully saturated rings. The maximum Gasteiger partial charge on any atom is 0.241 e. The minimum absolute atomic E-state index is 0.142. The summed E-state index contributed by atoms with van der Waals surface area (Å²) in [7, 11) is 1.95. The Kier molecular flexibility index (Phi) is 3.98. The van der Waals surface area contributed by atoms with Gasteiger partial charge in [0.05, 0.1) is 13.1 Å². The number of benzene rings is 1. The Morgan fingerprint density at radius 3 is 2.95 bits per heavy atom. The van der Waals surface area contributed by atoms with Gasteiger partial charge in [-0.25, -0.2) is 4.98 Å². The van der Waals surface area contributed by atoms with Crippen LogP contribution < -0.4 is 4.90 Å². The molecule has 0 saturated carbocycles. The van der Waals surface area contributed by atoms with Crippen molar-refractivity contribution in [2.24, 2.45) is 0 Å². The molecule has 1 atom stereocenters. The molecule has 1 aliphatic rings. The van der Waals surface area contributed by atoms with Crippen LogP contribution in [0.15, 0.2) is 30.5 Å². The number of carbonyl (C=O) groups excluding carboxylic acids is 1. The Morgan fingerprint density at radius 1 is 1.45 bits per heavy atom. The number of rotatable bonds is 4. The highest BCUT2D eigenvalue weighted by Crippen LogP contribution is 2.31. The van der Waals surface area contributed by atoms with E-state index in [4.69, 9.17) is 0 Å². The lowest BCUT2D eigenvalue weighted by atomic mass is 10.1. The number of imidazole rings is 1. The molecule has 116 valence electrons. The highest BCUT2D eigenvalue weighted by molar-refractivity contribution is 5.97. The van der Waals surface area contributed by atoms with Crippen LogP contribution in [0.25, 0.3) is 0 Å². The highest BCUT2D eigenvalue weighted by atomic mass is 16.2. The first-order valence-corrected chi connectivity index (χ1v) is 7.63. The van der Waals surface area contributed by atoms with Crippen molar-refractivity contribution in [3.8, 4) is 0 Å². The molecule has 3 rings (SSSR count). The molecule has 0 spiro atoms. The molecule has 0 saturated heterocycles. The molecular formula is C17H22N4O. The molecule has 0 unspecified atom stereocenters. The molecule has 1 N–H and O–H groups in total. The average molecular weight is 298 g/mol. The molecule has 0 bridgehead atoms. The number of likely N-dealkylation sites (N-methyl/N-ethyl adjacent to an activating group) is 1. The molecule has 1 aromatic heterocycles. The minimum Gasteiger partial charge on any atom is -0.345 e. The summed E-state index contributed by atoms with van der Waals surface area (Å²) in [6.45, 7) is 5.11. The molecule has 22 heavy (non-hydrogen) atoms. The van der Waals surface area contributed by atoms with E-state index in [0.717, 1.165) is 23.6 Å². The standard InChI is InChI=1S/C17H22N4O/c1-12-9-18-16(19-12)10-20(3)11-17(22)21-13(2)8-14-6-4-5-7-15(14)21/h4-7,9,13H,8,10-11H2,1-3H3,(H,18,19)/t13-/m1/s1. The molecule has 1 aromatic carbocycles. The number of para-hydroxylation sites is 1. The van der Waals surface area contributed by atoms with Crippen LogP contribution in [-0.2, 0) is 17.8 Å². The zero-order valence-corrected chi connectivity index (χ0v) is 13.3. The third kappa shape index (κ3) is 2.90. The van der Waals surface area contributed by atoms with Gasteiger partial charge >= 0.3 is 0 Å². The molecule has 1 amide bonds. The molecule has 5 heteroatoms. The molecule has 5 nitrogen and oxygen atoms in total. The molecule has 1 aliphatic heterocycles. The van der Waals surface area contributed by atoms with Gasteiger partial charge in [-0.15, -0.1) is 0 Å². The molecule has 0 radical (unpaired) electrons. The maximum absolute atomic E-state index is 12.7. The van der Waals surface area contributed by atoms with Crippen LogP contribution in [0.3, 0.4) is 0 Å². The summed E-state index contributed by atoms with van der Waals surface area (Å²) >= 11 is 0. The fourth-order valence-electron chi connectivity index (χ4n) is 3.11. The minimum atomic E-state index is 0.142. The molecule has 2 heterocycles. The second-order valence-electron chi connectivity index (χ2n) is 6.13. The van der Waals surface area contributed by atoms with E-state index < -0.39 is 0 Å². The van der Waals surface area contributed by atoms with Gasteiger partial charge in [0, 0.05) is 23.6 Å². The predicted molar refractivity (Wildman–Crippen MR) is 86.8 cm³/mol. The highest BCUT2D eigenvalue weighted by Gasteiger charge is 2.30. The number of aryl methyl sites for hydroxylation is 1. The van der Waals surface area contributed by atoms with E-state index in [9.17, 15) is 4.79 Å². The number of H-pyrrole nitrogens is 1. The average Bonchev–Trinajstić information content (AvgIpc) is 3.00. The van der Waals surface area contributed by atoms with Gasteiger partial charge in [-0.05, 0) is 38.9 Å². The first-order valence-electron chi connectivity index (χ1n) is 7.63. The quantitative estimate of drug-likeness (QED) is 0.941. The van der Waals surface area contributed by atoms with Crippen molar-refractivity contribution in [2.45, 2.75) is 32.9 Å². The van der Waals surface area contributed by atoms with E-state index in [1.165, 1.54) is 5.56 Å². The lowest BCUT2D eigenvalue weighted by molar-refractivity contribution is -0.119. The van der Waals surface area contributed by atoms with Crippen LogP contribution in [0.4, 0.5) is 5.69 Å². The van der Waals surface area contributed by atoms with E-state index in [1.807, 2.05) is 48.2 Å². The molecular weight excluding hydrogens is 276 g/mol. The lowest BCUT2D eigenvalue weighted by Gasteiger charge is -2.25. The maximum atomic E-state index is 12.7. The van der Waals surface area contributed by atoms with Crippen LogP contribution >= 0.6 is 0 Å². The van der Waals surface area contributed by atoms with Crippen molar-refractivity contribution in [2.75, 3.05) is 18.5 Å². The number of nitrogens with zero attached hydrogens (tertiary/aromatic N) is 3. The normalized spacial score (nSPS) is 17.1. The summed E-state index contributed by atoms with van der Waals surface area (Å²) in [4.78, 5) is 24.1. The third-order valence-corrected chi connectivity index (χ3v) is 4.06. The van der Waals surface area contributed by atoms with Gasteiger partial charge in [-0.3, -0.25) is 9.69 Å². The Labute approximate surface area is 131 Å². The number of anilines is 1. The van der Waals surface area contributed by atoms with Crippen molar-refractivity contribution in [1.29, 1.82) is 0 Å². The number of carbonyl (C=O) groups is 1. The lowest BCUT2D eigenvalue weighted by Crippen LogP contribution is -2.42. The van der Waals surface area contributed by atoms with Gasteiger partial charge < -0.3 is 9.88 Å². The Hall–Kier alpha value is -2.14. The number of fused-ring (bicyclic) bond motifs is 1. The summed E-state index contributed by atoms with van der Waals surface area (Å²) < 4.78 is 0. The first kappa shape index (κ1) is 14.8. The summed E-state index contributed by atoms with van der Waals surface area (Å²) in [6, 6.07) is 8.39. The number of aromatic nitrogens is 2. The fourth-order valence-corrected chi connectivity index (χ4v) is 3.11. The smallest absolute Gasteiger partial charge is 0.241 e. The second-order valence-corrected chi connectivity index (χ2v) is 6.13. The zero-order chi connectivity index (χ0) is 15.7. The van der Waals surface area contributed by atoms with Gasteiger partial charge in [0.25, 0.3) is 0 Å². The fraction of sp³-hybridized carbons (Fsp3) is 0.412. The number of nitrogens with one attached hydrogen (secondary N) is 1. The van der Waals surface area contributed by atoms with E-state index in [-0.39, 0.29) is 11.9 Å². The summed E-state index contributed by atoms with van der Waals surface area (Å²) in [6.07, 6.45) is 2.74. The van der Waals surface area contributed by atoms with Crippen molar-refractivity contribution in [3.63, 3.8) is 0 Å². The van der Waals surface area contributed by atoms with Crippen LogP contribution in [-0.4, -0.2) is 40.4 Å². The zero-order valence-electron chi connectivity index (χ0n) is 13.3. The van der Waals surface area contributed by atoms with Crippen molar-refractivity contribution < 1.29 is 4.79 Å². The van der Waals surface area contributed by atoms with Crippen LogP contribution in [0, 0.1) is 6.92 Å². The third-order valence-electron chi connectivity index (χ3n) is 4.06. The predicted octanol–water partition coefficient (Wildman–Crippen LogP) is 2.13. The van der Waals surface area contributed by atoms with Crippen LogP contribution in [0.2, 0.25) is 0 Å². The molecule has 0 aliphatic carbocycles. The van der Waals surface area contributed by atoms with Crippen molar-refractivity contribution >= 4 is 11.6 Å². The van der Waals surface area contributed by atoms with Gasteiger partial charge in [0.15, 0.2) is 0 Å². The van der Waals surface area contributed by atoms with Crippen molar-refractivity contribution in [3.05, 3.63) is 47.5 Å². The Balaban J connectivity index is 1.67. The SMILES string of the molecule is Cc1cnc(CN(C)CC(=O)N2c3ccccc3C[C@H]2C)[nH]1. The second kappa shape index (κ2) is 5.93. The van der Waals surface area contributed by atoms with Gasteiger partial charge in [-0.1, -0.05) is 18.2 Å². The summed E-state index contributed by atoms with van der Waals surface area (Å²) in [5, 5.41) is 0. The Bertz CT molecular complexity index is 679. The summed E-state index contributed by atoms with van der Waals surface area (Å²) in [5.41, 5.74) is 3.35. The summed E-state index contributed by atoms with van der Waals surface area (Å²) in [5.74, 6) is 1.03.